The molecule has 2 aromatic rings. The van der Waals surface area contributed by atoms with Crippen LogP contribution in [-0.2, 0) is 6.42 Å². The van der Waals surface area contributed by atoms with Gasteiger partial charge in [-0.1, -0.05) is 31.5 Å². The summed E-state index contributed by atoms with van der Waals surface area (Å²) in [5.41, 5.74) is 2.75. The van der Waals surface area contributed by atoms with Gasteiger partial charge in [0.2, 0.25) is 0 Å². The first kappa shape index (κ1) is 15.8. The molecule has 0 aliphatic heterocycles. The molecule has 112 valence electrons. The zero-order chi connectivity index (χ0) is 15.4. The van der Waals surface area contributed by atoms with Crippen LogP contribution in [0.2, 0.25) is 0 Å². The topological polar surface area (TPSA) is 34.0 Å². The summed E-state index contributed by atoms with van der Waals surface area (Å²) in [6, 6.07) is 10.1. The smallest absolute Gasteiger partial charge is 0.272 e. The van der Waals surface area contributed by atoms with Crippen LogP contribution >= 0.6 is 15.9 Å². The Labute approximate surface area is 134 Å². The van der Waals surface area contributed by atoms with E-state index >= 15 is 0 Å². The Morgan fingerprint density at radius 2 is 2.05 bits per heavy atom. The van der Waals surface area contributed by atoms with Gasteiger partial charge in [-0.2, -0.15) is 0 Å². The molecule has 1 N–H and O–H groups in total. The molecule has 0 aliphatic rings. The molecule has 1 aromatic carbocycles. The summed E-state index contributed by atoms with van der Waals surface area (Å²) in [5, 5.41) is 3.04. The van der Waals surface area contributed by atoms with Crippen molar-refractivity contribution in [2.45, 2.75) is 39.7 Å². The number of hydrogen-bond donors (Lipinski definition) is 1. The van der Waals surface area contributed by atoms with Crippen molar-refractivity contribution in [2.75, 3.05) is 5.32 Å². The largest absolute Gasteiger partial charge is 0.340 e. The van der Waals surface area contributed by atoms with Crippen molar-refractivity contribution >= 4 is 27.5 Å². The Kier molecular flexibility index (Phi) is 5.23. The zero-order valence-electron chi connectivity index (χ0n) is 12.7. The van der Waals surface area contributed by atoms with Crippen LogP contribution in [0.3, 0.4) is 0 Å². The molecule has 0 aliphatic carbocycles. The van der Waals surface area contributed by atoms with E-state index in [9.17, 15) is 4.79 Å². The Hall–Kier alpha value is -1.55. The van der Waals surface area contributed by atoms with Gasteiger partial charge in [-0.3, -0.25) is 4.79 Å². The molecule has 1 aromatic heterocycles. The molecule has 0 atom stereocenters. The fourth-order valence-corrected chi connectivity index (χ4v) is 2.81. The molecule has 0 spiro atoms. The van der Waals surface area contributed by atoms with E-state index in [1.54, 1.807) is 0 Å². The minimum Gasteiger partial charge on any atom is -0.340 e. The lowest BCUT2D eigenvalue weighted by Gasteiger charge is -2.14. The van der Waals surface area contributed by atoms with E-state index in [-0.39, 0.29) is 11.9 Å². The predicted octanol–water partition coefficient (Wildman–Crippen LogP) is 5.04. The molecular weight excluding hydrogens is 328 g/mol. The molecule has 3 nitrogen and oxygen atoms in total. The number of carbonyl (C=O) groups is 1. The maximum absolute atomic E-state index is 12.6. The first-order valence-electron chi connectivity index (χ1n) is 7.29. The summed E-state index contributed by atoms with van der Waals surface area (Å²) in [7, 11) is 0. The molecule has 0 saturated heterocycles. The van der Waals surface area contributed by atoms with Gasteiger partial charge < -0.3 is 9.88 Å². The number of nitrogens with one attached hydrogen (secondary N) is 1. The molecule has 21 heavy (non-hydrogen) atoms. The van der Waals surface area contributed by atoms with Gasteiger partial charge in [0.1, 0.15) is 5.69 Å². The summed E-state index contributed by atoms with van der Waals surface area (Å²) < 4.78 is 2.89. The second-order valence-electron chi connectivity index (χ2n) is 5.41. The van der Waals surface area contributed by atoms with Gasteiger partial charge >= 0.3 is 0 Å². The second kappa shape index (κ2) is 6.94. The molecule has 1 amide bonds. The minimum atomic E-state index is -0.0713. The Balaban J connectivity index is 2.26. The molecule has 4 heteroatoms. The van der Waals surface area contributed by atoms with Gasteiger partial charge in [0.15, 0.2) is 0 Å². The van der Waals surface area contributed by atoms with Crippen LogP contribution in [0.5, 0.6) is 0 Å². The van der Waals surface area contributed by atoms with E-state index in [1.165, 1.54) is 5.56 Å². The monoisotopic (exact) mass is 348 g/mol. The minimum absolute atomic E-state index is 0.0713. The number of benzene rings is 1. The standard InChI is InChI=1S/C17H21BrN2O/c1-4-7-13-8-5-6-9-15(13)19-17(21)16-10-14(18)11-20(16)12(2)3/h5-6,8-12H,4,7H2,1-3H3,(H,19,21). The molecule has 0 fully saturated rings. The fourth-order valence-electron chi connectivity index (χ4n) is 2.37. The highest BCUT2D eigenvalue weighted by Crippen LogP contribution is 2.22. The van der Waals surface area contributed by atoms with E-state index in [0.29, 0.717) is 5.69 Å². The Bertz CT molecular complexity index is 631. The third kappa shape index (κ3) is 3.76. The Morgan fingerprint density at radius 1 is 1.33 bits per heavy atom. The number of para-hydroxylation sites is 1. The van der Waals surface area contributed by atoms with Crippen molar-refractivity contribution in [1.29, 1.82) is 0 Å². The summed E-state index contributed by atoms with van der Waals surface area (Å²) in [6.45, 7) is 6.27. The zero-order valence-corrected chi connectivity index (χ0v) is 14.3. The average molecular weight is 349 g/mol. The van der Waals surface area contributed by atoms with E-state index < -0.39 is 0 Å². The van der Waals surface area contributed by atoms with E-state index in [2.05, 4.69) is 48.1 Å². The lowest BCUT2D eigenvalue weighted by molar-refractivity contribution is 0.101. The first-order chi connectivity index (χ1) is 10.0. The van der Waals surface area contributed by atoms with E-state index in [0.717, 1.165) is 23.0 Å². The Morgan fingerprint density at radius 3 is 2.71 bits per heavy atom. The van der Waals surface area contributed by atoms with Gasteiger partial charge in [0, 0.05) is 22.4 Å². The number of aromatic nitrogens is 1. The highest BCUT2D eigenvalue weighted by molar-refractivity contribution is 9.10. The number of anilines is 1. The van der Waals surface area contributed by atoms with Crippen LogP contribution in [-0.4, -0.2) is 10.5 Å². The fraction of sp³-hybridized carbons (Fsp3) is 0.353. The van der Waals surface area contributed by atoms with Gasteiger partial charge in [-0.15, -0.1) is 0 Å². The van der Waals surface area contributed by atoms with Crippen molar-refractivity contribution in [2.24, 2.45) is 0 Å². The van der Waals surface area contributed by atoms with Crippen LogP contribution in [0.25, 0.3) is 0 Å². The SMILES string of the molecule is CCCc1ccccc1NC(=O)c1cc(Br)cn1C(C)C. The maximum atomic E-state index is 12.6. The molecule has 2 rings (SSSR count). The third-order valence-corrected chi connectivity index (χ3v) is 3.82. The van der Waals surface area contributed by atoms with Crippen molar-refractivity contribution in [3.63, 3.8) is 0 Å². The van der Waals surface area contributed by atoms with Gasteiger partial charge in [0.25, 0.3) is 5.91 Å². The number of amides is 1. The molecule has 0 saturated carbocycles. The quantitative estimate of drug-likeness (QED) is 0.807. The van der Waals surface area contributed by atoms with Crippen LogP contribution in [0.15, 0.2) is 41.0 Å². The van der Waals surface area contributed by atoms with Crippen LogP contribution in [0, 0.1) is 0 Å². The van der Waals surface area contributed by atoms with Crippen molar-refractivity contribution in [3.05, 3.63) is 52.3 Å². The summed E-state index contributed by atoms with van der Waals surface area (Å²) in [4.78, 5) is 12.6. The maximum Gasteiger partial charge on any atom is 0.272 e. The van der Waals surface area contributed by atoms with Crippen molar-refractivity contribution < 1.29 is 4.79 Å². The van der Waals surface area contributed by atoms with Crippen LogP contribution in [0.1, 0.15) is 49.3 Å². The summed E-state index contributed by atoms with van der Waals surface area (Å²) >= 11 is 3.44. The van der Waals surface area contributed by atoms with Gasteiger partial charge in [-0.25, -0.2) is 0 Å². The summed E-state index contributed by atoms with van der Waals surface area (Å²) in [5.74, 6) is -0.0713. The number of halogens is 1. The molecular formula is C17H21BrN2O. The molecule has 1 heterocycles. The van der Waals surface area contributed by atoms with Crippen LogP contribution in [0.4, 0.5) is 5.69 Å². The summed E-state index contributed by atoms with van der Waals surface area (Å²) in [6.07, 6.45) is 3.96. The number of rotatable bonds is 5. The van der Waals surface area contributed by atoms with Crippen molar-refractivity contribution in [1.82, 2.24) is 4.57 Å². The highest BCUT2D eigenvalue weighted by atomic mass is 79.9. The van der Waals surface area contributed by atoms with Gasteiger partial charge in [0.05, 0.1) is 0 Å². The number of nitrogens with zero attached hydrogens (tertiary/aromatic N) is 1. The van der Waals surface area contributed by atoms with Crippen molar-refractivity contribution in [3.8, 4) is 0 Å². The number of aryl methyl sites for hydroxylation is 1. The first-order valence-corrected chi connectivity index (χ1v) is 8.08. The number of carbonyl (C=O) groups excluding carboxylic acids is 1. The van der Waals surface area contributed by atoms with Gasteiger partial charge in [-0.05, 0) is 53.9 Å². The van der Waals surface area contributed by atoms with E-state index in [4.69, 9.17) is 0 Å². The molecule has 0 unspecified atom stereocenters. The third-order valence-electron chi connectivity index (χ3n) is 3.39. The van der Waals surface area contributed by atoms with Crippen LogP contribution < -0.4 is 5.32 Å². The second-order valence-corrected chi connectivity index (χ2v) is 6.32. The predicted molar refractivity (Wildman–Crippen MR) is 90.9 cm³/mol. The lowest BCUT2D eigenvalue weighted by Crippen LogP contribution is -2.18. The molecule has 0 radical (unpaired) electrons. The van der Waals surface area contributed by atoms with E-state index in [1.807, 2.05) is 35.0 Å². The highest BCUT2D eigenvalue weighted by Gasteiger charge is 2.16. The normalized spacial score (nSPS) is 10.9. The number of hydrogen-bond acceptors (Lipinski definition) is 1. The molecule has 0 bridgehead atoms. The lowest BCUT2D eigenvalue weighted by atomic mass is 10.1. The average Bonchev–Trinajstić information content (AvgIpc) is 2.84.